The summed E-state index contributed by atoms with van der Waals surface area (Å²) in [5, 5.41) is 16.5. The highest BCUT2D eigenvalue weighted by Gasteiger charge is 2.50. The van der Waals surface area contributed by atoms with Crippen LogP contribution in [0.5, 0.6) is 11.5 Å². The first-order chi connectivity index (χ1) is 23.1. The predicted octanol–water partition coefficient (Wildman–Crippen LogP) is 6.64. The smallest absolute Gasteiger partial charge is 0.323 e. The molecule has 3 N–H and O–H groups in total. The molecule has 1 amide bonds. The quantitative estimate of drug-likeness (QED) is 0.170. The number of aliphatic carboxylic acids is 1. The fraction of sp³-hybridized carbons (Fsp3) is 0.361. The normalized spacial score (nSPS) is 17.8. The van der Waals surface area contributed by atoms with Crippen molar-refractivity contribution >= 4 is 40.8 Å². The maximum absolute atomic E-state index is 13.4. The van der Waals surface area contributed by atoms with Crippen molar-refractivity contribution in [3.8, 4) is 22.6 Å². The number of likely N-dealkylation sites (N-methyl/N-ethyl adjacent to an activating group) is 1. The number of nitrogens with zero attached hydrogens (tertiary/aromatic N) is 3. The number of carbonyl (C=O) groups is 2. The Kier molecular flexibility index (Phi) is 8.62. The molecule has 0 bridgehead atoms. The highest BCUT2D eigenvalue weighted by atomic mass is 35.5. The first kappa shape index (κ1) is 32.5. The van der Waals surface area contributed by atoms with Crippen LogP contribution < -0.4 is 20.1 Å². The summed E-state index contributed by atoms with van der Waals surface area (Å²) in [6, 6.07) is 15.3. The van der Waals surface area contributed by atoms with Gasteiger partial charge < -0.3 is 24.5 Å². The van der Waals surface area contributed by atoms with Gasteiger partial charge in [0.2, 0.25) is 0 Å². The fourth-order valence-electron chi connectivity index (χ4n) is 6.83. The summed E-state index contributed by atoms with van der Waals surface area (Å²) in [6.07, 6.45) is 2.45. The van der Waals surface area contributed by atoms with E-state index in [-0.39, 0.29) is 12.0 Å². The number of methoxy groups -OCH3 is 1. The van der Waals surface area contributed by atoms with E-state index in [1.54, 1.807) is 25.3 Å². The van der Waals surface area contributed by atoms with Crippen molar-refractivity contribution < 1.29 is 24.2 Å². The van der Waals surface area contributed by atoms with Crippen molar-refractivity contribution in [3.05, 3.63) is 92.5 Å². The number of carbonyl (C=O) groups excluding carboxylic acids is 1. The molecule has 2 aliphatic carbocycles. The van der Waals surface area contributed by atoms with E-state index in [0.29, 0.717) is 58.9 Å². The minimum absolute atomic E-state index is 0.247. The maximum atomic E-state index is 13.4. The van der Waals surface area contributed by atoms with Gasteiger partial charge in [0, 0.05) is 42.5 Å². The molecular weight excluding hydrogens is 653 g/mol. The van der Waals surface area contributed by atoms with Crippen LogP contribution in [-0.4, -0.2) is 57.7 Å². The molecule has 4 aromatic rings. The lowest BCUT2D eigenvalue weighted by atomic mass is 9.96. The first-order valence-corrected chi connectivity index (χ1v) is 16.8. The van der Waals surface area contributed by atoms with Crippen LogP contribution in [0, 0.1) is 6.92 Å². The number of nitrogens with one attached hydrogen (secondary N) is 2. The Hall–Kier alpha value is -4.09. The topological polar surface area (TPSA) is 118 Å². The zero-order chi connectivity index (χ0) is 33.7. The van der Waals surface area contributed by atoms with Gasteiger partial charge in [-0.15, -0.1) is 0 Å². The van der Waals surface area contributed by atoms with Crippen molar-refractivity contribution in [2.75, 3.05) is 26.0 Å². The largest absolute Gasteiger partial charge is 0.496 e. The van der Waals surface area contributed by atoms with Crippen LogP contribution in [0.15, 0.2) is 48.5 Å². The summed E-state index contributed by atoms with van der Waals surface area (Å²) in [5.41, 5.74) is 5.64. The lowest BCUT2D eigenvalue weighted by molar-refractivity contribution is -0.140. The molecule has 10 nitrogen and oxygen atoms in total. The van der Waals surface area contributed by atoms with Crippen LogP contribution >= 0.6 is 23.2 Å². The number of anilines is 1. The summed E-state index contributed by atoms with van der Waals surface area (Å²) >= 11 is 13.7. The summed E-state index contributed by atoms with van der Waals surface area (Å²) in [5.74, 6) is 0.814. The van der Waals surface area contributed by atoms with Gasteiger partial charge in [0.05, 0.1) is 29.4 Å². The minimum atomic E-state index is -0.873. The Morgan fingerprint density at radius 2 is 1.85 bits per heavy atom. The number of ether oxygens (including phenoxy) is 2. The van der Waals surface area contributed by atoms with Crippen LogP contribution in [0.3, 0.4) is 0 Å². The summed E-state index contributed by atoms with van der Waals surface area (Å²) in [4.78, 5) is 31.9. The highest BCUT2D eigenvalue weighted by Crippen LogP contribution is 2.45. The number of amides is 1. The molecular formula is C36H37Cl2N5O5. The number of benzene rings is 3. The number of carboxylic acids is 1. The first-order valence-electron chi connectivity index (χ1n) is 16.1. The van der Waals surface area contributed by atoms with Crippen LogP contribution in [-0.2, 0) is 30.8 Å². The average Bonchev–Trinajstić information content (AvgIpc) is 3.66. The lowest BCUT2D eigenvalue weighted by Crippen LogP contribution is -2.38. The van der Waals surface area contributed by atoms with Gasteiger partial charge in [-0.2, -0.15) is 0 Å². The molecule has 48 heavy (non-hydrogen) atoms. The molecule has 250 valence electrons. The standard InChI is InChI=1S/C36H37Cl2N5O5/c1-20-33(41-31-19-42(2)14-15-43(20)31)34(44)40-27-9-5-8-25(32(27)38)22-6-4-7-24-23(22)10-11-28(24)48-30-17-29(47-3)21(16-26(30)37)18-39-36(12-13-36)35(45)46/h4-9,16-17,28,39H,10-15,18-19H2,1-3H3,(H,40,44)(H,45,46). The van der Waals surface area contributed by atoms with E-state index in [2.05, 4.69) is 31.2 Å². The van der Waals surface area contributed by atoms with E-state index >= 15 is 0 Å². The van der Waals surface area contributed by atoms with Gasteiger partial charge in [0.15, 0.2) is 0 Å². The summed E-state index contributed by atoms with van der Waals surface area (Å²) < 4.78 is 14.2. The van der Waals surface area contributed by atoms with Gasteiger partial charge in [-0.05, 0) is 68.5 Å². The molecule has 3 aliphatic rings. The molecule has 0 spiro atoms. The number of halogens is 2. The molecule has 1 aliphatic heterocycles. The second-order valence-electron chi connectivity index (χ2n) is 12.8. The predicted molar refractivity (Wildman–Crippen MR) is 184 cm³/mol. The summed E-state index contributed by atoms with van der Waals surface area (Å²) in [6.45, 7) is 4.66. The highest BCUT2D eigenvalue weighted by molar-refractivity contribution is 6.36. The van der Waals surface area contributed by atoms with Crippen LogP contribution in [0.2, 0.25) is 10.0 Å². The van der Waals surface area contributed by atoms with E-state index in [0.717, 1.165) is 65.3 Å². The van der Waals surface area contributed by atoms with Crippen molar-refractivity contribution in [2.45, 2.75) is 63.9 Å². The van der Waals surface area contributed by atoms with E-state index < -0.39 is 11.5 Å². The van der Waals surface area contributed by atoms with Gasteiger partial charge in [-0.1, -0.05) is 53.5 Å². The molecule has 1 saturated carbocycles. The Labute approximate surface area is 289 Å². The van der Waals surface area contributed by atoms with Crippen LogP contribution in [0.4, 0.5) is 5.69 Å². The number of imidazole rings is 1. The van der Waals surface area contributed by atoms with Crippen LogP contribution in [0.25, 0.3) is 11.1 Å². The molecule has 0 radical (unpaired) electrons. The van der Waals surface area contributed by atoms with E-state index in [9.17, 15) is 14.7 Å². The molecule has 1 fully saturated rings. The molecule has 12 heteroatoms. The molecule has 1 aromatic heterocycles. The second-order valence-corrected chi connectivity index (χ2v) is 13.6. The Bertz CT molecular complexity index is 1940. The molecule has 2 heterocycles. The van der Waals surface area contributed by atoms with Gasteiger partial charge in [-0.3, -0.25) is 19.8 Å². The third kappa shape index (κ3) is 5.91. The molecule has 1 unspecified atom stereocenters. The minimum Gasteiger partial charge on any atom is -0.496 e. The van der Waals surface area contributed by atoms with Crippen molar-refractivity contribution in [1.29, 1.82) is 0 Å². The van der Waals surface area contributed by atoms with Gasteiger partial charge in [0.1, 0.15) is 34.7 Å². The summed E-state index contributed by atoms with van der Waals surface area (Å²) in [7, 11) is 3.62. The van der Waals surface area contributed by atoms with Gasteiger partial charge in [-0.25, -0.2) is 4.98 Å². The number of hydrogen-bond donors (Lipinski definition) is 3. The Morgan fingerprint density at radius 3 is 2.60 bits per heavy atom. The molecule has 3 aromatic carbocycles. The van der Waals surface area contributed by atoms with Gasteiger partial charge >= 0.3 is 5.97 Å². The molecule has 1 atom stereocenters. The van der Waals surface area contributed by atoms with Crippen molar-refractivity contribution in [1.82, 2.24) is 19.8 Å². The third-order valence-electron chi connectivity index (χ3n) is 9.77. The van der Waals surface area contributed by atoms with Crippen molar-refractivity contribution in [2.24, 2.45) is 0 Å². The maximum Gasteiger partial charge on any atom is 0.323 e. The molecule has 7 rings (SSSR count). The number of aromatic nitrogens is 2. The lowest BCUT2D eigenvalue weighted by Gasteiger charge is -2.23. The third-order valence-corrected chi connectivity index (χ3v) is 10.5. The van der Waals surface area contributed by atoms with Crippen LogP contribution in [0.1, 0.15) is 64.1 Å². The number of hydrogen-bond acceptors (Lipinski definition) is 7. The number of carboxylic acid groups (broad SMARTS) is 1. The number of fused-ring (bicyclic) bond motifs is 2. The number of rotatable bonds is 10. The van der Waals surface area contributed by atoms with Crippen molar-refractivity contribution in [3.63, 3.8) is 0 Å². The second kappa shape index (κ2) is 12.7. The Balaban J connectivity index is 1.10. The SMILES string of the molecule is COc1cc(OC2CCc3c(-c4cccc(NC(=O)c5nc6n(c5C)CCN(C)C6)c4Cl)cccc32)c(Cl)cc1CNC1(C(=O)O)CC1. The van der Waals surface area contributed by atoms with E-state index in [1.165, 1.54) is 0 Å². The average molecular weight is 691 g/mol. The van der Waals surface area contributed by atoms with E-state index in [4.69, 9.17) is 32.7 Å². The zero-order valence-corrected chi connectivity index (χ0v) is 28.5. The van der Waals surface area contributed by atoms with E-state index in [1.807, 2.05) is 38.2 Å². The zero-order valence-electron chi connectivity index (χ0n) is 27.0. The Morgan fingerprint density at radius 1 is 1.08 bits per heavy atom. The fourth-order valence-corrected chi connectivity index (χ4v) is 7.33. The van der Waals surface area contributed by atoms with Gasteiger partial charge in [0.25, 0.3) is 5.91 Å². The molecule has 0 saturated heterocycles. The monoisotopic (exact) mass is 689 g/mol.